The first-order valence-corrected chi connectivity index (χ1v) is 13.1. The van der Waals surface area contributed by atoms with Gasteiger partial charge in [-0.15, -0.1) is 11.3 Å². The third kappa shape index (κ3) is 4.61. The van der Waals surface area contributed by atoms with Crippen LogP contribution in [0.4, 0.5) is 4.39 Å². The summed E-state index contributed by atoms with van der Waals surface area (Å²) in [4.78, 5) is 28.3. The lowest BCUT2D eigenvalue weighted by atomic mass is 10.0. The highest BCUT2D eigenvalue weighted by atomic mass is 32.1. The molecule has 3 aromatic heterocycles. The summed E-state index contributed by atoms with van der Waals surface area (Å²) in [5, 5.41) is 17.8. The van der Waals surface area contributed by atoms with Gasteiger partial charge in [-0.1, -0.05) is 32.0 Å². The molecule has 0 spiro atoms. The van der Waals surface area contributed by atoms with Crippen LogP contribution in [0.25, 0.3) is 10.9 Å². The number of rotatable bonds is 5. The fraction of sp³-hybridized carbons (Fsp3) is 0.370. The van der Waals surface area contributed by atoms with Crippen molar-refractivity contribution >= 4 is 33.9 Å². The second kappa shape index (κ2) is 9.33. The van der Waals surface area contributed by atoms with Crippen LogP contribution in [0.1, 0.15) is 69.1 Å². The molecule has 0 saturated carbocycles. The van der Waals surface area contributed by atoms with E-state index < -0.39 is 11.6 Å². The highest BCUT2D eigenvalue weighted by Crippen LogP contribution is 2.34. The Labute approximate surface area is 218 Å². The second-order valence-corrected chi connectivity index (χ2v) is 11.5. The fourth-order valence-electron chi connectivity index (χ4n) is 4.61. The Morgan fingerprint density at radius 3 is 2.54 bits per heavy atom. The van der Waals surface area contributed by atoms with Crippen molar-refractivity contribution in [2.24, 2.45) is 5.10 Å². The van der Waals surface area contributed by atoms with Crippen molar-refractivity contribution in [2.45, 2.75) is 65.1 Å². The predicted molar refractivity (Wildman–Crippen MR) is 142 cm³/mol. The zero-order chi connectivity index (χ0) is 26.5. The van der Waals surface area contributed by atoms with Gasteiger partial charge in [-0.2, -0.15) is 15.3 Å². The van der Waals surface area contributed by atoms with Crippen LogP contribution in [0.5, 0.6) is 0 Å². The smallest absolute Gasteiger partial charge is 0.271 e. The number of carbonyl (C=O) groups is 1. The van der Waals surface area contributed by atoms with Gasteiger partial charge in [-0.25, -0.2) is 14.1 Å². The van der Waals surface area contributed by atoms with Crippen LogP contribution in [0, 0.1) is 5.82 Å². The summed E-state index contributed by atoms with van der Waals surface area (Å²) in [5.41, 5.74) is 1.88. The molecule has 0 saturated heterocycles. The van der Waals surface area contributed by atoms with Crippen molar-refractivity contribution in [3.05, 3.63) is 80.3 Å². The number of hydrogen-bond donors (Lipinski definition) is 0. The Hall–Kier alpha value is -3.66. The van der Waals surface area contributed by atoms with Crippen LogP contribution in [0.3, 0.4) is 0 Å². The van der Waals surface area contributed by atoms with Crippen LogP contribution >= 0.6 is 11.3 Å². The van der Waals surface area contributed by atoms with Gasteiger partial charge in [0.25, 0.3) is 11.5 Å². The van der Waals surface area contributed by atoms with E-state index in [0.29, 0.717) is 23.0 Å². The van der Waals surface area contributed by atoms with Gasteiger partial charge in [0.1, 0.15) is 17.9 Å². The van der Waals surface area contributed by atoms with E-state index in [4.69, 9.17) is 0 Å². The van der Waals surface area contributed by atoms with Crippen molar-refractivity contribution in [2.75, 3.05) is 0 Å². The summed E-state index contributed by atoms with van der Waals surface area (Å²) in [6.45, 7) is 9.64. The molecule has 1 amide bonds. The largest absolute Gasteiger partial charge is 0.293 e. The molecule has 37 heavy (non-hydrogen) atoms. The van der Waals surface area contributed by atoms with Gasteiger partial charge in [-0.05, 0) is 55.8 Å². The van der Waals surface area contributed by atoms with Crippen LogP contribution in [0.15, 0.2) is 57.9 Å². The van der Waals surface area contributed by atoms with Gasteiger partial charge >= 0.3 is 0 Å². The minimum Gasteiger partial charge on any atom is -0.271 e. The van der Waals surface area contributed by atoms with Gasteiger partial charge in [0.2, 0.25) is 0 Å². The first-order chi connectivity index (χ1) is 17.5. The van der Waals surface area contributed by atoms with Gasteiger partial charge in [0, 0.05) is 11.8 Å². The summed E-state index contributed by atoms with van der Waals surface area (Å²) in [6.07, 6.45) is 2.17. The molecule has 1 atom stereocenters. The van der Waals surface area contributed by atoms with Crippen molar-refractivity contribution in [1.82, 2.24) is 24.6 Å². The van der Waals surface area contributed by atoms with E-state index in [1.165, 1.54) is 21.8 Å². The van der Waals surface area contributed by atoms with E-state index in [-0.39, 0.29) is 29.7 Å². The molecule has 1 aliphatic heterocycles. The van der Waals surface area contributed by atoms with E-state index >= 15 is 0 Å². The number of hydrazone groups is 1. The predicted octanol–water partition coefficient (Wildman–Crippen LogP) is 5.05. The van der Waals surface area contributed by atoms with Gasteiger partial charge in [0.05, 0.1) is 34.1 Å². The standard InChI is InChI=1S/C27H29FN6O2S/c1-16(2)24-19-14-29-34(27(3,4)5)25(19)26(36)32(31-24)15-23(35)33-21(17-8-10-18(28)11-9-17)13-20(30-33)22-7-6-12-37-22/h6-12,14,16,21H,13,15H2,1-5H3. The molecule has 8 nitrogen and oxygen atoms in total. The maximum absolute atomic E-state index is 13.7. The Morgan fingerprint density at radius 2 is 1.92 bits per heavy atom. The maximum atomic E-state index is 13.7. The van der Waals surface area contributed by atoms with Crippen molar-refractivity contribution in [3.8, 4) is 0 Å². The molecule has 0 radical (unpaired) electrons. The highest BCUT2D eigenvalue weighted by molar-refractivity contribution is 7.12. The molecule has 0 fully saturated rings. The number of amides is 1. The summed E-state index contributed by atoms with van der Waals surface area (Å²) >= 11 is 1.55. The molecule has 0 bridgehead atoms. The van der Waals surface area contributed by atoms with E-state index in [9.17, 15) is 14.0 Å². The lowest BCUT2D eigenvalue weighted by Gasteiger charge is -2.23. The summed E-state index contributed by atoms with van der Waals surface area (Å²) in [5.74, 6) is -0.699. The molecule has 0 N–H and O–H groups in total. The van der Waals surface area contributed by atoms with Crippen LogP contribution in [-0.4, -0.2) is 36.2 Å². The number of thiophene rings is 1. The van der Waals surface area contributed by atoms with E-state index in [1.54, 1.807) is 34.3 Å². The molecular weight excluding hydrogens is 491 g/mol. The zero-order valence-electron chi connectivity index (χ0n) is 21.5. The van der Waals surface area contributed by atoms with Crippen molar-refractivity contribution in [1.29, 1.82) is 0 Å². The molecular formula is C27H29FN6O2S. The molecule has 0 aliphatic carbocycles. The van der Waals surface area contributed by atoms with Gasteiger partial charge in [-0.3, -0.25) is 14.3 Å². The summed E-state index contributed by atoms with van der Waals surface area (Å²) in [6, 6.07) is 9.58. The lowest BCUT2D eigenvalue weighted by molar-refractivity contribution is -0.133. The number of benzene rings is 1. The quantitative estimate of drug-likeness (QED) is 0.369. The Morgan fingerprint density at radius 1 is 1.19 bits per heavy atom. The Bertz CT molecular complexity index is 1540. The van der Waals surface area contributed by atoms with E-state index in [0.717, 1.165) is 16.2 Å². The first-order valence-electron chi connectivity index (χ1n) is 12.2. The van der Waals surface area contributed by atoms with Gasteiger partial charge < -0.3 is 0 Å². The summed E-state index contributed by atoms with van der Waals surface area (Å²) < 4.78 is 16.5. The molecule has 192 valence electrons. The van der Waals surface area contributed by atoms with E-state index in [2.05, 4.69) is 15.3 Å². The van der Waals surface area contributed by atoms with Gasteiger partial charge in [0.15, 0.2) is 0 Å². The third-order valence-corrected chi connectivity index (χ3v) is 7.32. The average Bonchev–Trinajstić information content (AvgIpc) is 3.59. The maximum Gasteiger partial charge on any atom is 0.293 e. The molecule has 5 rings (SSSR count). The normalized spacial score (nSPS) is 16.1. The molecule has 4 heterocycles. The third-order valence-electron chi connectivity index (χ3n) is 6.40. The minimum atomic E-state index is -0.430. The highest BCUT2D eigenvalue weighted by Gasteiger charge is 2.34. The number of halogens is 1. The number of hydrogen-bond acceptors (Lipinski definition) is 6. The summed E-state index contributed by atoms with van der Waals surface area (Å²) in [7, 11) is 0. The second-order valence-electron chi connectivity index (χ2n) is 10.5. The SMILES string of the molecule is CC(C)c1nn(CC(=O)N2N=C(c3cccs3)CC2c2ccc(F)cc2)c(=O)c2c1cnn2C(C)(C)C. The fourth-order valence-corrected chi connectivity index (χ4v) is 5.33. The number of nitrogens with zero attached hydrogens (tertiary/aromatic N) is 6. The Balaban J connectivity index is 1.57. The topological polar surface area (TPSA) is 85.4 Å². The van der Waals surface area contributed by atoms with Crippen LogP contribution in [-0.2, 0) is 16.9 Å². The molecule has 1 aromatic carbocycles. The first kappa shape index (κ1) is 25.0. The molecule has 10 heteroatoms. The zero-order valence-corrected chi connectivity index (χ0v) is 22.3. The number of carbonyl (C=O) groups excluding carboxylic acids is 1. The molecule has 4 aromatic rings. The van der Waals surface area contributed by atoms with Crippen LogP contribution in [0.2, 0.25) is 0 Å². The number of aromatic nitrogens is 4. The number of fused-ring (bicyclic) bond motifs is 1. The Kier molecular flexibility index (Phi) is 6.31. The monoisotopic (exact) mass is 520 g/mol. The molecule has 1 aliphatic rings. The molecule has 1 unspecified atom stereocenters. The van der Waals surface area contributed by atoms with Crippen molar-refractivity contribution < 1.29 is 9.18 Å². The average molecular weight is 521 g/mol. The van der Waals surface area contributed by atoms with E-state index in [1.807, 2.05) is 52.1 Å². The lowest BCUT2D eigenvalue weighted by Crippen LogP contribution is -2.37. The minimum absolute atomic E-state index is 0.0178. The van der Waals surface area contributed by atoms with Crippen LogP contribution < -0.4 is 5.56 Å². The van der Waals surface area contributed by atoms with Crippen molar-refractivity contribution in [3.63, 3.8) is 0 Å².